The zero-order valence-electron chi connectivity index (χ0n) is 16.8. The molecule has 32 heavy (non-hydrogen) atoms. The molecule has 0 atom stereocenters. The lowest BCUT2D eigenvalue weighted by Crippen LogP contribution is -2.32. The summed E-state index contributed by atoms with van der Waals surface area (Å²) in [4.78, 5) is 23.8. The molecule has 1 aromatic heterocycles. The van der Waals surface area contributed by atoms with Crippen LogP contribution in [0.4, 0.5) is 5.69 Å². The van der Waals surface area contributed by atoms with Gasteiger partial charge in [-0.1, -0.05) is 35.4 Å². The maximum absolute atomic E-state index is 12.3. The molecule has 0 saturated heterocycles. The fourth-order valence-corrected chi connectivity index (χ4v) is 3.67. The summed E-state index contributed by atoms with van der Waals surface area (Å²) in [6.45, 7) is 1.79. The van der Waals surface area contributed by atoms with Crippen molar-refractivity contribution in [3.63, 3.8) is 0 Å². The summed E-state index contributed by atoms with van der Waals surface area (Å²) in [5, 5.41) is 6.45. The number of hydrogen-bond acceptors (Lipinski definition) is 6. The number of amides is 2. The maximum Gasteiger partial charge on any atom is 0.329 e. The smallest absolute Gasteiger partial charge is 0.329 e. The number of carbonyl (C=O) groups excluding carboxylic acids is 2. The van der Waals surface area contributed by atoms with Gasteiger partial charge >= 0.3 is 11.8 Å². The predicted octanol–water partition coefficient (Wildman–Crippen LogP) is 2.81. The van der Waals surface area contributed by atoms with Crippen LogP contribution >= 0.6 is 11.6 Å². The van der Waals surface area contributed by atoms with Gasteiger partial charge in [0, 0.05) is 10.7 Å². The highest BCUT2D eigenvalue weighted by molar-refractivity contribution is 7.89. The summed E-state index contributed by atoms with van der Waals surface area (Å²) < 4.78 is 32.5. The first kappa shape index (κ1) is 23.2. The lowest BCUT2D eigenvalue weighted by atomic mass is 10.2. The van der Waals surface area contributed by atoms with Crippen molar-refractivity contribution in [1.29, 1.82) is 0 Å². The van der Waals surface area contributed by atoms with Crippen LogP contribution in [0.15, 0.2) is 75.1 Å². The van der Waals surface area contributed by atoms with Gasteiger partial charge in [-0.05, 0) is 49.4 Å². The van der Waals surface area contributed by atoms with E-state index >= 15 is 0 Å². The second-order valence-electron chi connectivity index (χ2n) is 6.61. The zero-order chi connectivity index (χ0) is 23.1. The predicted molar refractivity (Wildman–Crippen MR) is 120 cm³/mol. The molecule has 3 N–H and O–H groups in total. The summed E-state index contributed by atoms with van der Waals surface area (Å²) in [7, 11) is -3.69. The number of carbonyl (C=O) groups is 2. The van der Waals surface area contributed by atoms with Crippen LogP contribution in [0.1, 0.15) is 17.1 Å². The summed E-state index contributed by atoms with van der Waals surface area (Å²) in [5.41, 5.74) is 3.39. The van der Waals surface area contributed by atoms with Gasteiger partial charge in [0.15, 0.2) is 0 Å². The second-order valence-corrected chi connectivity index (χ2v) is 8.81. The van der Waals surface area contributed by atoms with Crippen molar-refractivity contribution < 1.29 is 22.4 Å². The average Bonchev–Trinajstić information content (AvgIpc) is 3.20. The monoisotopic (exact) mass is 474 g/mol. The van der Waals surface area contributed by atoms with Crippen LogP contribution in [0.5, 0.6) is 0 Å². The van der Waals surface area contributed by atoms with Crippen molar-refractivity contribution in [2.45, 2.75) is 18.4 Å². The van der Waals surface area contributed by atoms with Crippen LogP contribution in [0.25, 0.3) is 0 Å². The number of aryl methyl sites for hydroxylation is 1. The van der Waals surface area contributed by atoms with Crippen LogP contribution in [-0.4, -0.2) is 26.4 Å². The number of hydrazone groups is 1. The van der Waals surface area contributed by atoms with Crippen LogP contribution in [0, 0.1) is 6.92 Å². The zero-order valence-corrected chi connectivity index (χ0v) is 18.4. The first-order valence-corrected chi connectivity index (χ1v) is 11.1. The molecule has 0 unspecified atom stereocenters. The van der Waals surface area contributed by atoms with Gasteiger partial charge in [0.25, 0.3) is 0 Å². The molecule has 0 aliphatic heterocycles. The van der Waals surface area contributed by atoms with E-state index in [1.54, 1.807) is 36.4 Å². The fraction of sp³-hybridized carbons (Fsp3) is 0.0952. The first-order chi connectivity index (χ1) is 15.2. The van der Waals surface area contributed by atoms with Crippen molar-refractivity contribution in [2.75, 3.05) is 5.32 Å². The van der Waals surface area contributed by atoms with Gasteiger partial charge in [0.1, 0.15) is 11.5 Å². The van der Waals surface area contributed by atoms with Crippen LogP contribution in [-0.2, 0) is 26.2 Å². The molecule has 3 rings (SSSR count). The van der Waals surface area contributed by atoms with E-state index in [9.17, 15) is 18.0 Å². The Bertz CT molecular complexity index is 1250. The highest BCUT2D eigenvalue weighted by atomic mass is 35.5. The van der Waals surface area contributed by atoms with Crippen molar-refractivity contribution in [2.24, 2.45) is 5.10 Å². The molecular weight excluding hydrogens is 456 g/mol. The number of anilines is 1. The molecule has 1 heterocycles. The van der Waals surface area contributed by atoms with E-state index in [0.29, 0.717) is 16.5 Å². The maximum atomic E-state index is 12.3. The molecule has 2 amide bonds. The minimum absolute atomic E-state index is 0.0710. The van der Waals surface area contributed by atoms with Gasteiger partial charge in [0.2, 0.25) is 10.0 Å². The number of furan rings is 1. The van der Waals surface area contributed by atoms with Gasteiger partial charge in [-0.25, -0.2) is 18.6 Å². The topological polar surface area (TPSA) is 130 Å². The van der Waals surface area contributed by atoms with Gasteiger partial charge in [0.05, 0.1) is 17.7 Å². The van der Waals surface area contributed by atoms with E-state index in [1.165, 1.54) is 30.5 Å². The average molecular weight is 475 g/mol. The first-order valence-electron chi connectivity index (χ1n) is 9.28. The van der Waals surface area contributed by atoms with Gasteiger partial charge in [-0.2, -0.15) is 5.10 Å². The van der Waals surface area contributed by atoms with Gasteiger partial charge in [-0.3, -0.25) is 9.59 Å². The van der Waals surface area contributed by atoms with E-state index in [4.69, 9.17) is 16.0 Å². The number of nitrogens with one attached hydrogen (secondary N) is 3. The number of hydrogen-bond donors (Lipinski definition) is 3. The lowest BCUT2D eigenvalue weighted by Gasteiger charge is -2.05. The van der Waals surface area contributed by atoms with Crippen LogP contribution in [0.2, 0.25) is 5.02 Å². The van der Waals surface area contributed by atoms with Crippen molar-refractivity contribution >= 4 is 45.3 Å². The molecule has 0 aliphatic carbocycles. The van der Waals surface area contributed by atoms with Crippen molar-refractivity contribution in [1.82, 2.24) is 10.1 Å². The normalized spacial score (nSPS) is 11.4. The molecule has 11 heteroatoms. The SMILES string of the molecule is Cc1ccc(S(=O)(=O)NCc2ccc(/C=N/NC(=O)C(=O)Nc3cccc(Cl)c3)o2)cc1. The van der Waals surface area contributed by atoms with Gasteiger partial charge < -0.3 is 9.73 Å². The third-order valence-electron chi connectivity index (χ3n) is 4.10. The standard InChI is InChI=1S/C21H19ClN4O5S/c1-14-5-9-19(10-6-14)32(29,30)24-13-18-8-7-17(31-18)12-23-26-21(28)20(27)25-16-4-2-3-15(22)11-16/h2-12,24H,13H2,1H3,(H,25,27)(H,26,28)/b23-12+. The molecule has 9 nitrogen and oxygen atoms in total. The van der Waals surface area contributed by atoms with Crippen molar-refractivity contribution in [3.05, 3.63) is 82.8 Å². The number of rotatable bonds is 7. The van der Waals surface area contributed by atoms with E-state index in [-0.39, 0.29) is 17.2 Å². The molecule has 0 radical (unpaired) electrons. The fourth-order valence-electron chi connectivity index (χ4n) is 2.49. The molecule has 0 spiro atoms. The Hall–Kier alpha value is -3.47. The number of halogens is 1. The van der Waals surface area contributed by atoms with Gasteiger partial charge in [-0.15, -0.1) is 0 Å². The van der Waals surface area contributed by atoms with E-state index in [0.717, 1.165) is 5.56 Å². The third kappa shape index (κ3) is 6.51. The molecule has 2 aromatic carbocycles. The summed E-state index contributed by atoms with van der Waals surface area (Å²) >= 11 is 5.82. The minimum atomic E-state index is -3.69. The van der Waals surface area contributed by atoms with Crippen molar-refractivity contribution in [3.8, 4) is 0 Å². The van der Waals surface area contributed by atoms with Crippen LogP contribution in [0.3, 0.4) is 0 Å². The molecule has 3 aromatic rings. The highest BCUT2D eigenvalue weighted by Gasteiger charge is 2.15. The van der Waals surface area contributed by atoms with E-state index < -0.39 is 21.8 Å². The Kier molecular flexibility index (Phi) is 7.41. The quantitative estimate of drug-likeness (QED) is 0.275. The molecule has 0 aliphatic rings. The molecule has 0 saturated carbocycles. The number of sulfonamides is 1. The molecule has 166 valence electrons. The third-order valence-corrected chi connectivity index (χ3v) is 5.75. The Balaban J connectivity index is 1.50. The number of nitrogens with zero attached hydrogens (tertiary/aromatic N) is 1. The Morgan fingerprint density at radius 3 is 2.53 bits per heavy atom. The molecule has 0 fully saturated rings. The molecule has 0 bridgehead atoms. The summed E-state index contributed by atoms with van der Waals surface area (Å²) in [6, 6.07) is 15.9. The van der Waals surface area contributed by atoms with Crippen LogP contribution < -0.4 is 15.5 Å². The van der Waals surface area contributed by atoms with E-state index in [1.807, 2.05) is 6.92 Å². The second kappa shape index (κ2) is 10.2. The Morgan fingerprint density at radius 2 is 1.81 bits per heavy atom. The van der Waals surface area contributed by atoms with E-state index in [2.05, 4.69) is 20.6 Å². The Labute approximate surface area is 189 Å². The highest BCUT2D eigenvalue weighted by Crippen LogP contribution is 2.15. The largest absolute Gasteiger partial charge is 0.459 e. The lowest BCUT2D eigenvalue weighted by molar-refractivity contribution is -0.136. The number of benzene rings is 2. The summed E-state index contributed by atoms with van der Waals surface area (Å²) in [6.07, 6.45) is 1.18. The Morgan fingerprint density at radius 1 is 1.06 bits per heavy atom. The summed E-state index contributed by atoms with van der Waals surface area (Å²) in [5.74, 6) is -1.31. The minimum Gasteiger partial charge on any atom is -0.459 e. The molecular formula is C21H19ClN4O5S.